The Morgan fingerprint density at radius 2 is 1.82 bits per heavy atom. The van der Waals surface area contributed by atoms with Gasteiger partial charge in [0.15, 0.2) is 5.78 Å². The number of nitrogens with zero attached hydrogens (tertiary/aromatic N) is 1. The smallest absolute Gasteiger partial charge is 0.184 e. The second-order valence-electron chi connectivity index (χ2n) is 4.69. The zero-order chi connectivity index (χ0) is 11.7. The molecule has 3 rings (SSSR count). The number of Topliss-reactive ketones (excluding diaryl/α,β-unsaturated/α-hetero) is 1. The van der Waals surface area contributed by atoms with Crippen molar-refractivity contribution in [1.29, 1.82) is 0 Å². The van der Waals surface area contributed by atoms with Crippen molar-refractivity contribution < 1.29 is 4.79 Å². The number of hydrogen-bond donors (Lipinski definition) is 1. The highest BCUT2D eigenvalue weighted by Gasteiger charge is 2.26. The lowest BCUT2D eigenvalue weighted by molar-refractivity contribution is 0.1000. The van der Waals surface area contributed by atoms with Gasteiger partial charge in [-0.15, -0.1) is 0 Å². The number of hydrogen-bond acceptors (Lipinski definition) is 3. The number of aliphatic imine (C=N–C) groups is 1. The molecule has 0 aliphatic carbocycles. The summed E-state index contributed by atoms with van der Waals surface area (Å²) >= 11 is 0. The Morgan fingerprint density at radius 3 is 2.59 bits per heavy atom. The predicted octanol–water partition coefficient (Wildman–Crippen LogP) is 1.67. The maximum Gasteiger partial charge on any atom is 0.184 e. The third kappa shape index (κ3) is 1.91. The van der Waals surface area contributed by atoms with E-state index in [0.29, 0.717) is 12.5 Å². The molecule has 0 saturated carbocycles. The van der Waals surface area contributed by atoms with E-state index in [9.17, 15) is 4.79 Å². The summed E-state index contributed by atoms with van der Waals surface area (Å²) in [6.07, 6.45) is 2.25. The van der Waals surface area contributed by atoms with Crippen molar-refractivity contribution >= 4 is 11.5 Å². The molecule has 2 heterocycles. The minimum Gasteiger partial charge on any atom is -0.317 e. The highest BCUT2D eigenvalue weighted by atomic mass is 16.1. The van der Waals surface area contributed by atoms with Gasteiger partial charge in [0.25, 0.3) is 0 Å². The Balaban J connectivity index is 1.98. The highest BCUT2D eigenvalue weighted by molar-refractivity contribution is 6.15. The average Bonchev–Trinajstić information content (AvgIpc) is 2.41. The van der Waals surface area contributed by atoms with Crippen molar-refractivity contribution in [2.75, 3.05) is 19.6 Å². The summed E-state index contributed by atoms with van der Waals surface area (Å²) in [4.78, 5) is 16.3. The zero-order valence-corrected chi connectivity index (χ0v) is 9.78. The second-order valence-corrected chi connectivity index (χ2v) is 4.69. The fourth-order valence-corrected chi connectivity index (χ4v) is 2.72. The minimum atomic E-state index is 0.151. The van der Waals surface area contributed by atoms with Crippen LogP contribution in [0.2, 0.25) is 0 Å². The number of ketones is 1. The summed E-state index contributed by atoms with van der Waals surface area (Å²) in [7, 11) is 0. The minimum absolute atomic E-state index is 0.151. The molecule has 1 aromatic carbocycles. The molecule has 0 atom stereocenters. The molecule has 1 N–H and O–H groups in total. The molecule has 2 aliphatic heterocycles. The molecule has 2 aliphatic rings. The number of piperidine rings is 1. The largest absolute Gasteiger partial charge is 0.317 e. The Kier molecular flexibility index (Phi) is 2.77. The molecule has 0 bridgehead atoms. The van der Waals surface area contributed by atoms with E-state index < -0.39 is 0 Å². The molecule has 88 valence electrons. The van der Waals surface area contributed by atoms with Crippen LogP contribution >= 0.6 is 0 Å². The van der Waals surface area contributed by atoms with Crippen molar-refractivity contribution in [3.8, 4) is 0 Å². The number of nitrogens with one attached hydrogen (secondary N) is 1. The van der Waals surface area contributed by atoms with Crippen LogP contribution in [-0.4, -0.2) is 31.1 Å². The third-order valence-electron chi connectivity index (χ3n) is 3.62. The molecule has 3 nitrogen and oxygen atoms in total. The molecular formula is C14H16N2O. The first-order chi connectivity index (χ1) is 8.36. The molecule has 1 fully saturated rings. The molecule has 17 heavy (non-hydrogen) atoms. The summed E-state index contributed by atoms with van der Waals surface area (Å²) in [5.41, 5.74) is 3.08. The topological polar surface area (TPSA) is 41.5 Å². The molecule has 0 aromatic heterocycles. The lowest BCUT2D eigenvalue weighted by atomic mass is 9.84. The number of benzene rings is 1. The quantitative estimate of drug-likeness (QED) is 0.794. The summed E-state index contributed by atoms with van der Waals surface area (Å²) < 4.78 is 0. The van der Waals surface area contributed by atoms with Gasteiger partial charge in [0.1, 0.15) is 6.54 Å². The first-order valence-corrected chi connectivity index (χ1v) is 6.24. The average molecular weight is 228 g/mol. The van der Waals surface area contributed by atoms with Crippen molar-refractivity contribution in [2.45, 2.75) is 12.8 Å². The van der Waals surface area contributed by atoms with Gasteiger partial charge in [-0.25, -0.2) is 0 Å². The summed E-state index contributed by atoms with van der Waals surface area (Å²) in [5.74, 6) is 0.670. The lowest BCUT2D eigenvalue weighted by Crippen LogP contribution is -2.34. The number of carbonyl (C=O) groups is 1. The second kappa shape index (κ2) is 4.41. The van der Waals surface area contributed by atoms with Crippen molar-refractivity contribution in [2.24, 2.45) is 10.9 Å². The van der Waals surface area contributed by atoms with E-state index in [1.54, 1.807) is 0 Å². The molecule has 1 saturated heterocycles. The first-order valence-electron chi connectivity index (χ1n) is 6.24. The van der Waals surface area contributed by atoms with E-state index in [1.807, 2.05) is 24.3 Å². The van der Waals surface area contributed by atoms with Gasteiger partial charge >= 0.3 is 0 Å². The van der Waals surface area contributed by atoms with E-state index in [4.69, 9.17) is 0 Å². The normalized spacial score (nSPS) is 20.9. The number of rotatable bonds is 1. The van der Waals surface area contributed by atoms with Crippen molar-refractivity contribution in [3.63, 3.8) is 0 Å². The van der Waals surface area contributed by atoms with Gasteiger partial charge in [0, 0.05) is 22.8 Å². The van der Waals surface area contributed by atoms with E-state index in [2.05, 4.69) is 10.3 Å². The van der Waals surface area contributed by atoms with E-state index >= 15 is 0 Å². The maximum atomic E-state index is 11.8. The maximum absolute atomic E-state index is 11.8. The number of carbonyl (C=O) groups excluding carboxylic acids is 1. The van der Waals surface area contributed by atoms with Crippen LogP contribution in [-0.2, 0) is 0 Å². The summed E-state index contributed by atoms with van der Waals surface area (Å²) in [5, 5.41) is 3.36. The third-order valence-corrected chi connectivity index (χ3v) is 3.62. The Bertz CT molecular complexity index is 473. The van der Waals surface area contributed by atoms with Gasteiger partial charge in [0.2, 0.25) is 0 Å². The van der Waals surface area contributed by atoms with Crippen LogP contribution in [0.25, 0.3) is 0 Å². The van der Waals surface area contributed by atoms with Gasteiger partial charge in [0.05, 0.1) is 0 Å². The molecule has 1 aromatic rings. The van der Waals surface area contributed by atoms with Crippen LogP contribution in [0, 0.1) is 5.92 Å². The molecule has 0 spiro atoms. The van der Waals surface area contributed by atoms with E-state index in [-0.39, 0.29) is 5.78 Å². The van der Waals surface area contributed by atoms with Gasteiger partial charge < -0.3 is 5.32 Å². The molecule has 0 radical (unpaired) electrons. The molecule has 0 unspecified atom stereocenters. The van der Waals surface area contributed by atoms with Crippen LogP contribution in [0.5, 0.6) is 0 Å². The van der Waals surface area contributed by atoms with Crippen LogP contribution in [0.3, 0.4) is 0 Å². The SMILES string of the molecule is O=C1CN=C(C2CCNCC2)c2ccccc21. The molecule has 0 amide bonds. The Hall–Kier alpha value is -1.48. The Morgan fingerprint density at radius 1 is 1.12 bits per heavy atom. The zero-order valence-electron chi connectivity index (χ0n) is 9.78. The van der Waals surface area contributed by atoms with E-state index in [1.165, 1.54) is 0 Å². The predicted molar refractivity (Wildman–Crippen MR) is 67.8 cm³/mol. The molecular weight excluding hydrogens is 212 g/mol. The standard InChI is InChI=1S/C14H16N2O/c17-13-9-16-14(10-5-7-15-8-6-10)12-4-2-1-3-11(12)13/h1-4,10,15H,5-9H2. The van der Waals surface area contributed by atoms with Gasteiger partial charge in [-0.05, 0) is 25.9 Å². The van der Waals surface area contributed by atoms with Crippen LogP contribution < -0.4 is 5.32 Å². The Labute approximate surface area is 101 Å². The van der Waals surface area contributed by atoms with Crippen LogP contribution in [0.15, 0.2) is 29.3 Å². The van der Waals surface area contributed by atoms with Gasteiger partial charge in [-0.1, -0.05) is 24.3 Å². The summed E-state index contributed by atoms with van der Waals surface area (Å²) in [6, 6.07) is 7.89. The van der Waals surface area contributed by atoms with Crippen molar-refractivity contribution in [1.82, 2.24) is 5.32 Å². The highest BCUT2D eigenvalue weighted by Crippen LogP contribution is 2.24. The monoisotopic (exact) mass is 228 g/mol. The first kappa shape index (κ1) is 10.7. The summed E-state index contributed by atoms with van der Waals surface area (Å²) in [6.45, 7) is 2.44. The molecule has 3 heteroatoms. The van der Waals surface area contributed by atoms with Gasteiger partial charge in [-0.3, -0.25) is 9.79 Å². The lowest BCUT2D eigenvalue weighted by Gasteiger charge is -2.27. The fraction of sp³-hybridized carbons (Fsp3) is 0.429. The van der Waals surface area contributed by atoms with Gasteiger partial charge in [-0.2, -0.15) is 0 Å². The number of fused-ring (bicyclic) bond motifs is 1. The van der Waals surface area contributed by atoms with Crippen LogP contribution in [0.1, 0.15) is 28.8 Å². The van der Waals surface area contributed by atoms with E-state index in [0.717, 1.165) is 42.8 Å². The fourth-order valence-electron chi connectivity index (χ4n) is 2.72. The van der Waals surface area contributed by atoms with Crippen LogP contribution in [0.4, 0.5) is 0 Å². The van der Waals surface area contributed by atoms with Crippen molar-refractivity contribution in [3.05, 3.63) is 35.4 Å².